The molecule has 0 radical (unpaired) electrons. The Morgan fingerprint density at radius 1 is 1.00 bits per heavy atom. The van der Waals surface area contributed by atoms with Crippen LogP contribution < -0.4 is 5.73 Å². The summed E-state index contributed by atoms with van der Waals surface area (Å²) in [6.45, 7) is 0.799. The van der Waals surface area contributed by atoms with Gasteiger partial charge in [-0.3, -0.25) is 0 Å². The number of hydrogen-bond acceptors (Lipinski definition) is 2. The Balaban J connectivity index is 2.07. The molecule has 0 atom stereocenters. The van der Waals surface area contributed by atoms with Crippen LogP contribution in [-0.4, -0.2) is 4.98 Å². The number of oxazole rings is 1. The molecule has 1 aromatic heterocycles. The fraction of sp³-hybridized carbons (Fsp3) is 0.0714. The molecule has 3 N–H and O–H groups in total. The topological polar surface area (TPSA) is 53.7 Å². The molecule has 0 amide bonds. The summed E-state index contributed by atoms with van der Waals surface area (Å²) in [6.07, 6.45) is 0. The molecule has 2 aromatic carbocycles. The second-order valence-corrected chi connectivity index (χ2v) is 3.93. The van der Waals surface area contributed by atoms with Crippen molar-refractivity contribution in [2.24, 2.45) is 0 Å². The molecular formula is C14H13N2O+. The quantitative estimate of drug-likeness (QED) is 0.727. The van der Waals surface area contributed by atoms with Gasteiger partial charge < -0.3 is 10.2 Å². The van der Waals surface area contributed by atoms with Gasteiger partial charge in [0.2, 0.25) is 5.89 Å². The Morgan fingerprint density at radius 3 is 2.47 bits per heavy atom. The van der Waals surface area contributed by atoms with Crippen LogP contribution in [0.25, 0.3) is 22.6 Å². The highest BCUT2D eigenvalue weighted by molar-refractivity contribution is 5.75. The van der Waals surface area contributed by atoms with E-state index in [9.17, 15) is 0 Å². The van der Waals surface area contributed by atoms with Crippen LogP contribution in [0, 0.1) is 0 Å². The standard InChI is InChI=1S/C14H12N2O/c15-9-10-5-7-11(8-6-10)14-16-12-3-1-2-4-13(12)17-14/h1-8H,9,15H2/p+1. The lowest BCUT2D eigenvalue weighted by Crippen LogP contribution is -2.47. The molecule has 0 saturated heterocycles. The van der Waals surface area contributed by atoms with Gasteiger partial charge in [-0.15, -0.1) is 0 Å². The van der Waals surface area contributed by atoms with Crippen molar-refractivity contribution in [3.8, 4) is 11.5 Å². The summed E-state index contributed by atoms with van der Waals surface area (Å²) < 4.78 is 5.70. The maximum Gasteiger partial charge on any atom is 0.227 e. The lowest BCUT2D eigenvalue weighted by molar-refractivity contribution is -0.386. The van der Waals surface area contributed by atoms with Crippen molar-refractivity contribution in [3.63, 3.8) is 0 Å². The number of fused-ring (bicyclic) bond motifs is 1. The second kappa shape index (κ2) is 4.03. The number of quaternary nitrogens is 1. The van der Waals surface area contributed by atoms with Crippen molar-refractivity contribution in [2.75, 3.05) is 0 Å². The molecule has 3 rings (SSSR count). The smallest absolute Gasteiger partial charge is 0.227 e. The van der Waals surface area contributed by atoms with E-state index in [1.165, 1.54) is 5.56 Å². The van der Waals surface area contributed by atoms with Gasteiger partial charge in [0, 0.05) is 11.1 Å². The van der Waals surface area contributed by atoms with Crippen LogP contribution in [0.5, 0.6) is 0 Å². The summed E-state index contributed by atoms with van der Waals surface area (Å²) in [6, 6.07) is 15.9. The maximum atomic E-state index is 5.70. The lowest BCUT2D eigenvalue weighted by Gasteiger charge is -1.96. The lowest BCUT2D eigenvalue weighted by atomic mass is 10.1. The molecule has 84 valence electrons. The average molecular weight is 225 g/mol. The van der Waals surface area contributed by atoms with Gasteiger partial charge in [0.1, 0.15) is 5.52 Å². The van der Waals surface area contributed by atoms with E-state index in [1.807, 2.05) is 36.4 Å². The molecule has 0 saturated carbocycles. The summed E-state index contributed by atoms with van der Waals surface area (Å²) in [5.74, 6) is 0.668. The van der Waals surface area contributed by atoms with Crippen molar-refractivity contribution >= 4 is 11.1 Å². The molecule has 3 heteroatoms. The molecular weight excluding hydrogens is 212 g/mol. The van der Waals surface area contributed by atoms with E-state index in [1.54, 1.807) is 0 Å². The van der Waals surface area contributed by atoms with Gasteiger partial charge in [0.15, 0.2) is 5.58 Å². The third-order valence-corrected chi connectivity index (χ3v) is 2.78. The normalized spacial score (nSPS) is 10.9. The Hall–Kier alpha value is -2.13. The molecule has 3 nitrogen and oxygen atoms in total. The van der Waals surface area contributed by atoms with Gasteiger partial charge in [-0.1, -0.05) is 24.3 Å². The maximum absolute atomic E-state index is 5.70. The monoisotopic (exact) mass is 225 g/mol. The summed E-state index contributed by atoms with van der Waals surface area (Å²) in [5.41, 5.74) is 7.78. The Labute approximate surface area is 98.9 Å². The first-order valence-corrected chi connectivity index (χ1v) is 5.61. The van der Waals surface area contributed by atoms with Crippen LogP contribution in [0.15, 0.2) is 52.9 Å². The van der Waals surface area contributed by atoms with Crippen LogP contribution >= 0.6 is 0 Å². The Morgan fingerprint density at radius 2 is 1.76 bits per heavy atom. The van der Waals surface area contributed by atoms with Crippen LogP contribution in [0.1, 0.15) is 5.56 Å². The van der Waals surface area contributed by atoms with Gasteiger partial charge in [-0.05, 0) is 24.3 Å². The molecule has 3 aromatic rings. The van der Waals surface area contributed by atoms with Crippen molar-refractivity contribution in [3.05, 3.63) is 54.1 Å². The first-order valence-electron chi connectivity index (χ1n) is 5.61. The molecule has 0 aliphatic carbocycles. The summed E-state index contributed by atoms with van der Waals surface area (Å²) in [4.78, 5) is 4.46. The zero-order valence-corrected chi connectivity index (χ0v) is 9.39. The van der Waals surface area contributed by atoms with Crippen molar-refractivity contribution in [1.82, 2.24) is 4.98 Å². The van der Waals surface area contributed by atoms with Gasteiger partial charge in [0.05, 0.1) is 6.54 Å². The van der Waals surface area contributed by atoms with E-state index in [0.717, 1.165) is 23.2 Å². The first-order chi connectivity index (χ1) is 8.36. The van der Waals surface area contributed by atoms with Crippen LogP contribution in [-0.2, 0) is 6.54 Å². The molecule has 0 aliphatic heterocycles. The van der Waals surface area contributed by atoms with Gasteiger partial charge >= 0.3 is 0 Å². The largest absolute Gasteiger partial charge is 0.436 e. The highest BCUT2D eigenvalue weighted by atomic mass is 16.3. The SMILES string of the molecule is [NH3+]Cc1ccc(-c2nc3ccccc3o2)cc1. The molecule has 0 fully saturated rings. The van der Waals surface area contributed by atoms with Gasteiger partial charge in [0.25, 0.3) is 0 Å². The highest BCUT2D eigenvalue weighted by Gasteiger charge is 2.07. The number of aromatic nitrogens is 1. The number of para-hydroxylation sites is 2. The molecule has 0 unspecified atom stereocenters. The zero-order chi connectivity index (χ0) is 11.7. The number of rotatable bonds is 2. The van der Waals surface area contributed by atoms with Crippen molar-refractivity contribution < 1.29 is 10.2 Å². The molecule has 0 bridgehead atoms. The van der Waals surface area contributed by atoms with Crippen molar-refractivity contribution in [2.45, 2.75) is 6.54 Å². The summed E-state index contributed by atoms with van der Waals surface area (Å²) >= 11 is 0. The van der Waals surface area contributed by atoms with Gasteiger partial charge in [-0.25, -0.2) is 4.98 Å². The fourth-order valence-electron chi connectivity index (χ4n) is 1.81. The minimum Gasteiger partial charge on any atom is -0.436 e. The van der Waals surface area contributed by atoms with E-state index >= 15 is 0 Å². The number of nitrogens with zero attached hydrogens (tertiary/aromatic N) is 1. The minimum atomic E-state index is 0.668. The van der Waals surface area contributed by atoms with E-state index in [2.05, 4.69) is 22.9 Å². The van der Waals surface area contributed by atoms with E-state index in [-0.39, 0.29) is 0 Å². The van der Waals surface area contributed by atoms with E-state index in [4.69, 9.17) is 4.42 Å². The first kappa shape index (κ1) is 10.1. The van der Waals surface area contributed by atoms with E-state index in [0.29, 0.717) is 5.89 Å². The third-order valence-electron chi connectivity index (χ3n) is 2.78. The minimum absolute atomic E-state index is 0.668. The van der Waals surface area contributed by atoms with Gasteiger partial charge in [-0.2, -0.15) is 0 Å². The predicted molar refractivity (Wildman–Crippen MR) is 66.0 cm³/mol. The third kappa shape index (κ3) is 1.81. The number of benzene rings is 2. The Bertz CT molecular complexity index is 608. The van der Waals surface area contributed by atoms with Crippen LogP contribution in [0.4, 0.5) is 0 Å². The van der Waals surface area contributed by atoms with E-state index < -0.39 is 0 Å². The predicted octanol–water partition coefficient (Wildman–Crippen LogP) is 2.24. The molecule has 1 heterocycles. The zero-order valence-electron chi connectivity index (χ0n) is 9.39. The fourth-order valence-corrected chi connectivity index (χ4v) is 1.81. The average Bonchev–Trinajstić information content (AvgIpc) is 2.82. The van der Waals surface area contributed by atoms with Crippen LogP contribution in [0.2, 0.25) is 0 Å². The van der Waals surface area contributed by atoms with Crippen molar-refractivity contribution in [1.29, 1.82) is 0 Å². The molecule has 0 spiro atoms. The number of hydrogen-bond donors (Lipinski definition) is 1. The van der Waals surface area contributed by atoms with Crippen LogP contribution in [0.3, 0.4) is 0 Å². The summed E-state index contributed by atoms with van der Waals surface area (Å²) in [5, 5.41) is 0. The Kier molecular flexibility index (Phi) is 2.38. The summed E-state index contributed by atoms with van der Waals surface area (Å²) in [7, 11) is 0. The second-order valence-electron chi connectivity index (χ2n) is 3.93. The molecule has 17 heavy (non-hydrogen) atoms. The molecule has 0 aliphatic rings. The highest BCUT2D eigenvalue weighted by Crippen LogP contribution is 2.23.